The Morgan fingerprint density at radius 2 is 1.95 bits per heavy atom. The van der Waals surface area contributed by atoms with Crippen molar-refractivity contribution in [1.29, 1.82) is 0 Å². The van der Waals surface area contributed by atoms with Crippen LogP contribution in [0.15, 0.2) is 28.7 Å². The van der Waals surface area contributed by atoms with Crippen molar-refractivity contribution >= 4 is 21.7 Å². The first-order chi connectivity index (χ1) is 9.75. The highest BCUT2D eigenvalue weighted by Gasteiger charge is 2.20. The summed E-state index contributed by atoms with van der Waals surface area (Å²) in [4.78, 5) is 0. The molecule has 106 valence electrons. The molecule has 0 unspecified atom stereocenters. The van der Waals surface area contributed by atoms with Crippen LogP contribution in [0.4, 0.5) is 5.82 Å². The molecule has 4 heteroatoms. The van der Waals surface area contributed by atoms with Crippen LogP contribution in [0.5, 0.6) is 0 Å². The lowest BCUT2D eigenvalue weighted by molar-refractivity contribution is 0.354. The molecule has 0 amide bonds. The number of H-pyrrole nitrogens is 1. The Morgan fingerprint density at radius 3 is 2.70 bits per heavy atom. The van der Waals surface area contributed by atoms with Gasteiger partial charge in [-0.2, -0.15) is 5.10 Å². The summed E-state index contributed by atoms with van der Waals surface area (Å²) in [6.07, 6.45) is 7.82. The second-order valence-electron chi connectivity index (χ2n) is 5.65. The number of benzene rings is 1. The van der Waals surface area contributed by atoms with Gasteiger partial charge >= 0.3 is 0 Å². The highest BCUT2D eigenvalue weighted by molar-refractivity contribution is 9.10. The second kappa shape index (κ2) is 6.00. The summed E-state index contributed by atoms with van der Waals surface area (Å²) in [6.45, 7) is 0. The zero-order chi connectivity index (χ0) is 13.9. The molecule has 20 heavy (non-hydrogen) atoms. The lowest BCUT2D eigenvalue weighted by atomic mass is 9.85. The monoisotopic (exact) mass is 333 g/mol. The molecule has 1 aliphatic carbocycles. The standard InChI is InChI=1S/C16H20BrN3/c17-13-9-5-4-8-12(13)15-14(19-20-16(15)18)10-11-6-2-1-3-7-11/h4-5,8-9,11H,1-3,6-7,10H2,(H3,18,19,20). The van der Waals surface area contributed by atoms with Crippen LogP contribution in [0.1, 0.15) is 37.8 Å². The van der Waals surface area contributed by atoms with Crippen molar-refractivity contribution < 1.29 is 0 Å². The van der Waals surface area contributed by atoms with Crippen molar-refractivity contribution in [2.24, 2.45) is 5.92 Å². The van der Waals surface area contributed by atoms with Crippen LogP contribution < -0.4 is 5.73 Å². The van der Waals surface area contributed by atoms with Crippen LogP contribution in [-0.4, -0.2) is 10.2 Å². The number of rotatable bonds is 3. The van der Waals surface area contributed by atoms with E-state index in [0.29, 0.717) is 5.82 Å². The molecule has 1 aromatic heterocycles. The van der Waals surface area contributed by atoms with Crippen LogP contribution in [0, 0.1) is 5.92 Å². The summed E-state index contributed by atoms with van der Waals surface area (Å²) in [5, 5.41) is 7.38. The van der Waals surface area contributed by atoms with Gasteiger partial charge in [-0.05, 0) is 18.4 Å². The van der Waals surface area contributed by atoms with Gasteiger partial charge in [-0.3, -0.25) is 5.10 Å². The lowest BCUT2D eigenvalue weighted by Gasteiger charge is -2.21. The smallest absolute Gasteiger partial charge is 0.153 e. The fourth-order valence-electron chi connectivity index (χ4n) is 3.19. The number of aromatic amines is 1. The van der Waals surface area contributed by atoms with Gasteiger partial charge in [-0.1, -0.05) is 66.2 Å². The molecule has 3 rings (SSSR count). The van der Waals surface area contributed by atoms with E-state index in [0.717, 1.165) is 27.9 Å². The van der Waals surface area contributed by atoms with Crippen LogP contribution in [0.25, 0.3) is 11.1 Å². The first kappa shape index (κ1) is 13.7. The summed E-state index contributed by atoms with van der Waals surface area (Å²) in [5.41, 5.74) is 9.47. The van der Waals surface area contributed by atoms with Gasteiger partial charge in [0.05, 0.1) is 0 Å². The van der Waals surface area contributed by atoms with E-state index >= 15 is 0 Å². The molecule has 2 aromatic rings. The van der Waals surface area contributed by atoms with Crippen molar-refractivity contribution in [3.05, 3.63) is 34.4 Å². The van der Waals surface area contributed by atoms with Gasteiger partial charge in [0.25, 0.3) is 0 Å². The number of nitrogen functional groups attached to an aromatic ring is 1. The second-order valence-corrected chi connectivity index (χ2v) is 6.50. The Bertz CT molecular complexity index is 585. The van der Waals surface area contributed by atoms with E-state index in [1.54, 1.807) is 0 Å². The van der Waals surface area contributed by atoms with Gasteiger partial charge < -0.3 is 5.73 Å². The molecule has 1 aromatic carbocycles. The number of aromatic nitrogens is 2. The first-order valence-corrected chi connectivity index (χ1v) is 8.12. The fourth-order valence-corrected chi connectivity index (χ4v) is 3.67. The number of nitrogens with two attached hydrogens (primary N) is 1. The lowest BCUT2D eigenvalue weighted by Crippen LogP contribution is -2.10. The SMILES string of the molecule is Nc1n[nH]c(CC2CCCCC2)c1-c1ccccc1Br. The van der Waals surface area contributed by atoms with Gasteiger partial charge in [0.15, 0.2) is 5.82 Å². The molecule has 0 aliphatic heterocycles. The summed E-state index contributed by atoms with van der Waals surface area (Å²) in [5.74, 6) is 1.37. The van der Waals surface area contributed by atoms with Gasteiger partial charge in [0.1, 0.15) is 0 Å². The van der Waals surface area contributed by atoms with Gasteiger partial charge in [-0.15, -0.1) is 0 Å². The molecule has 0 atom stereocenters. The molecule has 1 aliphatic rings. The molecule has 0 bridgehead atoms. The van der Waals surface area contributed by atoms with E-state index in [1.165, 1.54) is 37.8 Å². The largest absolute Gasteiger partial charge is 0.382 e. The Labute approximate surface area is 128 Å². The van der Waals surface area contributed by atoms with E-state index in [4.69, 9.17) is 5.73 Å². The van der Waals surface area contributed by atoms with Gasteiger partial charge in [0, 0.05) is 21.3 Å². The maximum Gasteiger partial charge on any atom is 0.153 e. The molecular formula is C16H20BrN3. The Hall–Kier alpha value is -1.29. The average molecular weight is 334 g/mol. The molecule has 0 radical (unpaired) electrons. The van der Waals surface area contributed by atoms with Crippen molar-refractivity contribution in [1.82, 2.24) is 10.2 Å². The molecule has 1 fully saturated rings. The molecule has 3 N–H and O–H groups in total. The summed E-state index contributed by atoms with van der Waals surface area (Å²) in [6, 6.07) is 8.20. The minimum atomic E-state index is 0.600. The van der Waals surface area contributed by atoms with Gasteiger partial charge in [0.2, 0.25) is 0 Å². The normalized spacial score (nSPS) is 16.4. The zero-order valence-electron chi connectivity index (χ0n) is 11.5. The third-order valence-electron chi connectivity index (χ3n) is 4.23. The average Bonchev–Trinajstić information content (AvgIpc) is 2.82. The summed E-state index contributed by atoms with van der Waals surface area (Å²) >= 11 is 3.61. The Balaban J connectivity index is 1.91. The van der Waals surface area contributed by atoms with Crippen LogP contribution in [-0.2, 0) is 6.42 Å². The third-order valence-corrected chi connectivity index (χ3v) is 4.92. The third kappa shape index (κ3) is 2.75. The van der Waals surface area contributed by atoms with E-state index in [9.17, 15) is 0 Å². The molecule has 1 saturated carbocycles. The predicted octanol–water partition coefficient (Wildman–Crippen LogP) is 4.54. The molecular weight excluding hydrogens is 314 g/mol. The minimum absolute atomic E-state index is 0.600. The van der Waals surface area contributed by atoms with Crippen molar-refractivity contribution in [2.75, 3.05) is 5.73 Å². The fraction of sp³-hybridized carbons (Fsp3) is 0.438. The van der Waals surface area contributed by atoms with Gasteiger partial charge in [-0.25, -0.2) is 0 Å². The number of hydrogen-bond donors (Lipinski definition) is 2. The Kier molecular flexibility index (Phi) is 4.10. The van der Waals surface area contributed by atoms with Crippen molar-refractivity contribution in [3.8, 4) is 11.1 Å². The van der Waals surface area contributed by atoms with E-state index in [1.807, 2.05) is 18.2 Å². The number of halogens is 1. The molecule has 0 saturated heterocycles. The minimum Gasteiger partial charge on any atom is -0.382 e. The first-order valence-electron chi connectivity index (χ1n) is 7.33. The van der Waals surface area contributed by atoms with Crippen molar-refractivity contribution in [3.63, 3.8) is 0 Å². The number of hydrogen-bond acceptors (Lipinski definition) is 2. The zero-order valence-corrected chi connectivity index (χ0v) is 13.1. The molecule has 0 spiro atoms. The highest BCUT2D eigenvalue weighted by Crippen LogP contribution is 2.36. The summed E-state index contributed by atoms with van der Waals surface area (Å²) in [7, 11) is 0. The quantitative estimate of drug-likeness (QED) is 0.865. The van der Waals surface area contributed by atoms with Crippen LogP contribution >= 0.6 is 15.9 Å². The van der Waals surface area contributed by atoms with E-state index in [2.05, 4.69) is 32.2 Å². The topological polar surface area (TPSA) is 54.7 Å². The molecule has 1 heterocycles. The van der Waals surface area contributed by atoms with Crippen LogP contribution in [0.3, 0.4) is 0 Å². The Morgan fingerprint density at radius 1 is 1.20 bits per heavy atom. The molecule has 3 nitrogen and oxygen atoms in total. The highest BCUT2D eigenvalue weighted by atomic mass is 79.9. The van der Waals surface area contributed by atoms with Crippen LogP contribution in [0.2, 0.25) is 0 Å². The maximum absolute atomic E-state index is 6.08. The van der Waals surface area contributed by atoms with Crippen molar-refractivity contribution in [2.45, 2.75) is 38.5 Å². The van der Waals surface area contributed by atoms with E-state index in [-0.39, 0.29) is 0 Å². The maximum atomic E-state index is 6.08. The van der Waals surface area contributed by atoms with E-state index < -0.39 is 0 Å². The summed E-state index contributed by atoms with van der Waals surface area (Å²) < 4.78 is 1.07. The number of nitrogens with zero attached hydrogens (tertiary/aromatic N) is 1. The number of anilines is 1. The number of nitrogens with one attached hydrogen (secondary N) is 1. The predicted molar refractivity (Wildman–Crippen MR) is 86.4 cm³/mol.